The molecule has 0 amide bonds. The molecule has 0 fully saturated rings. The maximum Gasteiger partial charge on any atom is 0.226 e. The fraction of sp³-hybridized carbons (Fsp3) is 0.273. The van der Waals surface area contributed by atoms with Crippen LogP contribution in [0.2, 0.25) is 0 Å². The first kappa shape index (κ1) is 22.9. The molecule has 0 bridgehead atoms. The number of aromatic nitrogens is 1. The third-order valence-electron chi connectivity index (χ3n) is 4.66. The number of guanidine groups is 1. The highest BCUT2D eigenvalue weighted by atomic mass is 127. The Labute approximate surface area is 187 Å². The molecule has 5 nitrogen and oxygen atoms in total. The Kier molecular flexibility index (Phi) is 8.63. The van der Waals surface area contributed by atoms with Gasteiger partial charge in [-0.15, -0.1) is 24.0 Å². The van der Waals surface area contributed by atoms with Crippen molar-refractivity contribution >= 4 is 35.6 Å². The van der Waals surface area contributed by atoms with Gasteiger partial charge in [-0.1, -0.05) is 26.0 Å². The molecule has 0 aliphatic heterocycles. The van der Waals surface area contributed by atoms with Gasteiger partial charge in [-0.25, -0.2) is 9.37 Å². The molecule has 0 aliphatic rings. The van der Waals surface area contributed by atoms with Crippen LogP contribution in [0.4, 0.5) is 10.1 Å². The Bertz CT molecular complexity index is 923. The predicted molar refractivity (Wildman–Crippen MR) is 126 cm³/mol. The van der Waals surface area contributed by atoms with Crippen molar-refractivity contribution in [3.05, 3.63) is 71.9 Å². The van der Waals surface area contributed by atoms with Crippen LogP contribution >= 0.6 is 24.0 Å². The number of nitrogens with one attached hydrogen (secondary N) is 1. The number of benzene rings is 2. The average molecular weight is 508 g/mol. The number of hydrogen-bond acceptors (Lipinski definition) is 3. The minimum atomic E-state index is -0.289. The molecule has 3 N–H and O–H groups in total. The Morgan fingerprint density at radius 1 is 1.17 bits per heavy atom. The quantitative estimate of drug-likeness (QED) is 0.248. The number of nitrogens with two attached hydrogens (primary N) is 1. The van der Waals surface area contributed by atoms with Gasteiger partial charge in [-0.05, 0) is 54.3 Å². The Hall–Kier alpha value is -2.42. The summed E-state index contributed by atoms with van der Waals surface area (Å²) < 4.78 is 18.4. The maximum atomic E-state index is 13.0. The van der Waals surface area contributed by atoms with Gasteiger partial charge < -0.3 is 15.5 Å². The molecular weight excluding hydrogens is 482 g/mol. The van der Waals surface area contributed by atoms with Gasteiger partial charge in [0.05, 0.1) is 5.69 Å². The van der Waals surface area contributed by atoms with E-state index in [9.17, 15) is 4.39 Å². The lowest BCUT2D eigenvalue weighted by Crippen LogP contribution is -2.23. The van der Waals surface area contributed by atoms with Gasteiger partial charge in [0.25, 0.3) is 0 Å². The zero-order valence-corrected chi connectivity index (χ0v) is 18.9. The van der Waals surface area contributed by atoms with E-state index >= 15 is 0 Å². The number of halogens is 2. The maximum absolute atomic E-state index is 13.0. The lowest BCUT2D eigenvalue weighted by Gasteiger charge is -2.10. The highest BCUT2D eigenvalue weighted by Crippen LogP contribution is 2.21. The molecule has 0 spiro atoms. The molecule has 154 valence electrons. The van der Waals surface area contributed by atoms with Crippen molar-refractivity contribution in [2.45, 2.75) is 32.6 Å². The normalized spacial score (nSPS) is 12.3. The van der Waals surface area contributed by atoms with Crippen LogP contribution in [0.3, 0.4) is 0 Å². The summed E-state index contributed by atoms with van der Waals surface area (Å²) in [5.74, 6) is 1.08. The molecule has 3 rings (SSSR count). The highest BCUT2D eigenvalue weighted by Gasteiger charge is 2.07. The van der Waals surface area contributed by atoms with Crippen LogP contribution in [-0.4, -0.2) is 17.5 Å². The van der Waals surface area contributed by atoms with Crippen LogP contribution < -0.4 is 11.1 Å². The van der Waals surface area contributed by atoms with E-state index in [4.69, 9.17) is 10.2 Å². The molecule has 2 aromatic carbocycles. The second kappa shape index (κ2) is 10.9. The molecule has 7 heteroatoms. The number of nitrogens with zero attached hydrogens (tertiary/aromatic N) is 2. The highest BCUT2D eigenvalue weighted by molar-refractivity contribution is 14.0. The second-order valence-corrected chi connectivity index (χ2v) is 6.72. The zero-order chi connectivity index (χ0) is 19.9. The van der Waals surface area contributed by atoms with Crippen molar-refractivity contribution in [1.82, 2.24) is 4.98 Å². The van der Waals surface area contributed by atoms with Gasteiger partial charge in [0.15, 0.2) is 5.96 Å². The minimum absolute atomic E-state index is 0. The molecule has 1 atom stereocenters. The average Bonchev–Trinajstić information content (AvgIpc) is 3.17. The largest absolute Gasteiger partial charge is 0.444 e. The molecule has 0 aliphatic carbocycles. The summed E-state index contributed by atoms with van der Waals surface area (Å²) in [6.07, 6.45) is 3.30. The van der Waals surface area contributed by atoms with E-state index in [-0.39, 0.29) is 29.8 Å². The number of anilines is 1. The van der Waals surface area contributed by atoms with E-state index < -0.39 is 0 Å². The molecule has 0 radical (unpaired) electrons. The minimum Gasteiger partial charge on any atom is -0.444 e. The molecule has 1 unspecified atom stereocenters. The number of rotatable bonds is 7. The third kappa shape index (κ3) is 6.56. The van der Waals surface area contributed by atoms with Crippen LogP contribution in [0.25, 0.3) is 11.5 Å². The first-order valence-electron chi connectivity index (χ1n) is 9.42. The molecule has 0 saturated carbocycles. The molecule has 0 saturated heterocycles. The molecule has 29 heavy (non-hydrogen) atoms. The van der Waals surface area contributed by atoms with Gasteiger partial charge in [-0.3, -0.25) is 4.99 Å². The van der Waals surface area contributed by atoms with Gasteiger partial charge in [0.1, 0.15) is 12.1 Å². The van der Waals surface area contributed by atoms with Gasteiger partial charge >= 0.3 is 0 Å². The van der Waals surface area contributed by atoms with Crippen LogP contribution in [-0.2, 0) is 6.42 Å². The Balaban J connectivity index is 0.00000300. The van der Waals surface area contributed by atoms with E-state index in [2.05, 4.69) is 41.3 Å². The van der Waals surface area contributed by atoms with E-state index in [1.54, 1.807) is 18.4 Å². The van der Waals surface area contributed by atoms with Gasteiger partial charge in [-0.2, -0.15) is 0 Å². The third-order valence-corrected chi connectivity index (χ3v) is 4.66. The summed E-state index contributed by atoms with van der Waals surface area (Å²) in [5.41, 5.74) is 9.69. The summed E-state index contributed by atoms with van der Waals surface area (Å²) >= 11 is 0. The first-order valence-corrected chi connectivity index (χ1v) is 9.42. The van der Waals surface area contributed by atoms with Crippen molar-refractivity contribution in [2.24, 2.45) is 10.7 Å². The van der Waals surface area contributed by atoms with Crippen molar-refractivity contribution in [1.29, 1.82) is 0 Å². The molecule has 1 aromatic heterocycles. The van der Waals surface area contributed by atoms with E-state index in [1.807, 2.05) is 12.1 Å². The van der Waals surface area contributed by atoms with Crippen molar-refractivity contribution in [2.75, 3.05) is 11.9 Å². The predicted octanol–water partition coefficient (Wildman–Crippen LogP) is 5.58. The molecular formula is C22H26FIN4O. The zero-order valence-electron chi connectivity index (χ0n) is 16.6. The van der Waals surface area contributed by atoms with Crippen molar-refractivity contribution in [3.8, 4) is 11.5 Å². The molecule has 3 aromatic rings. The standard InChI is InChI=1S/C22H25FN4O.HI/c1-3-15(2)16-6-10-19(11-7-16)27-22(24)25-13-12-20-14-28-21(26-20)17-4-8-18(23)9-5-17;/h4-11,14-15H,3,12-13H2,1-2H3,(H3,24,25,27);1H. The summed E-state index contributed by atoms with van der Waals surface area (Å²) in [7, 11) is 0. The van der Waals surface area contributed by atoms with Gasteiger partial charge in [0.2, 0.25) is 5.89 Å². The fourth-order valence-electron chi connectivity index (χ4n) is 2.76. The molecule has 1 heterocycles. The van der Waals surface area contributed by atoms with Crippen LogP contribution in [0.15, 0.2) is 64.2 Å². The number of oxazole rings is 1. The van der Waals surface area contributed by atoms with E-state index in [0.717, 1.165) is 23.4 Å². The van der Waals surface area contributed by atoms with E-state index in [1.165, 1.54) is 17.7 Å². The summed E-state index contributed by atoms with van der Waals surface area (Å²) in [5, 5.41) is 3.10. The van der Waals surface area contributed by atoms with Crippen LogP contribution in [0.1, 0.15) is 37.4 Å². The lowest BCUT2D eigenvalue weighted by molar-refractivity contribution is 0.572. The lowest BCUT2D eigenvalue weighted by atomic mass is 9.99. The SMILES string of the molecule is CCC(C)c1ccc(NC(N)=NCCc2coc(-c3ccc(F)cc3)n2)cc1.I. The second-order valence-electron chi connectivity index (χ2n) is 6.72. The topological polar surface area (TPSA) is 76.4 Å². The van der Waals surface area contributed by atoms with E-state index in [0.29, 0.717) is 30.7 Å². The first-order chi connectivity index (χ1) is 13.5. The summed E-state index contributed by atoms with van der Waals surface area (Å²) in [6, 6.07) is 14.3. The summed E-state index contributed by atoms with van der Waals surface area (Å²) in [6.45, 7) is 4.88. The summed E-state index contributed by atoms with van der Waals surface area (Å²) in [4.78, 5) is 8.74. The monoisotopic (exact) mass is 508 g/mol. The number of hydrogen-bond donors (Lipinski definition) is 2. The smallest absolute Gasteiger partial charge is 0.226 e. The Morgan fingerprint density at radius 3 is 2.52 bits per heavy atom. The number of aliphatic imine (C=N–C) groups is 1. The van der Waals surface area contributed by atoms with Crippen molar-refractivity contribution in [3.63, 3.8) is 0 Å². The van der Waals surface area contributed by atoms with Crippen molar-refractivity contribution < 1.29 is 8.81 Å². The van der Waals surface area contributed by atoms with Crippen LogP contribution in [0.5, 0.6) is 0 Å². The Morgan fingerprint density at radius 2 is 1.86 bits per heavy atom. The fourth-order valence-corrected chi connectivity index (χ4v) is 2.76. The van der Waals surface area contributed by atoms with Crippen LogP contribution in [0, 0.1) is 5.82 Å². The van der Waals surface area contributed by atoms with Gasteiger partial charge in [0, 0.05) is 24.2 Å².